The van der Waals surface area contributed by atoms with Crippen LogP contribution in [0.2, 0.25) is 0 Å². The minimum absolute atomic E-state index is 0.0358. The van der Waals surface area contributed by atoms with Gasteiger partial charge in [-0.3, -0.25) is 9.59 Å². The van der Waals surface area contributed by atoms with Gasteiger partial charge in [-0.1, -0.05) is 234 Å². The van der Waals surface area contributed by atoms with Crippen LogP contribution in [0.5, 0.6) is 0 Å². The normalized spacial score (nSPS) is 14.0. The molecule has 0 saturated carbocycles. The Balaban J connectivity index is 4.69. The first-order valence-electron chi connectivity index (χ1n) is 25.9. The monoisotopic (exact) mass is 864 g/mol. The lowest BCUT2D eigenvalue weighted by Crippen LogP contribution is -2.46. The van der Waals surface area contributed by atoms with Gasteiger partial charge in [-0.15, -0.1) is 0 Å². The number of amides is 1. The van der Waals surface area contributed by atoms with Crippen molar-refractivity contribution < 1.29 is 24.5 Å². The molecule has 62 heavy (non-hydrogen) atoms. The summed E-state index contributed by atoms with van der Waals surface area (Å²) in [7, 11) is 0. The highest BCUT2D eigenvalue weighted by Crippen LogP contribution is 2.17. The molecule has 0 aliphatic heterocycles. The number of carbonyl (C=O) groups excluding carboxylic acids is 2. The molecule has 6 heteroatoms. The summed E-state index contributed by atoms with van der Waals surface area (Å²) in [4.78, 5) is 26.1. The Morgan fingerprint density at radius 3 is 1.47 bits per heavy atom. The van der Waals surface area contributed by atoms with Crippen molar-refractivity contribution in [2.75, 3.05) is 6.61 Å². The topological polar surface area (TPSA) is 95.9 Å². The second kappa shape index (κ2) is 49.1. The maximum Gasteiger partial charge on any atom is 0.306 e. The van der Waals surface area contributed by atoms with Crippen LogP contribution in [-0.2, 0) is 14.3 Å². The SMILES string of the molecule is CC/C=C/C=C/C=C\C=C/C=C/CCCC(=O)OC(CCCCCCC/C=C\C/C=C\CCCCC)CC(=O)NC(CO)C(O)CCCCCCCCCCCCCCCCC. The van der Waals surface area contributed by atoms with Crippen molar-refractivity contribution in [1.82, 2.24) is 5.32 Å². The average Bonchev–Trinajstić information content (AvgIpc) is 3.26. The summed E-state index contributed by atoms with van der Waals surface area (Å²) in [5, 5.41) is 23.8. The Labute approximate surface area is 383 Å². The van der Waals surface area contributed by atoms with Gasteiger partial charge >= 0.3 is 5.97 Å². The Kier molecular flexibility index (Phi) is 46.7. The van der Waals surface area contributed by atoms with E-state index in [1.807, 2.05) is 54.7 Å². The number of allylic oxidation sites excluding steroid dienone is 14. The molecule has 3 N–H and O–H groups in total. The first-order valence-corrected chi connectivity index (χ1v) is 25.9. The molecular weight excluding hydrogens is 767 g/mol. The molecule has 356 valence electrons. The predicted octanol–water partition coefficient (Wildman–Crippen LogP) is 15.6. The molecule has 0 bridgehead atoms. The highest BCUT2D eigenvalue weighted by molar-refractivity contribution is 5.77. The Hall–Kier alpha value is -2.96. The van der Waals surface area contributed by atoms with Crippen molar-refractivity contribution in [3.05, 3.63) is 85.1 Å². The van der Waals surface area contributed by atoms with Crippen molar-refractivity contribution in [3.63, 3.8) is 0 Å². The van der Waals surface area contributed by atoms with Crippen molar-refractivity contribution in [1.29, 1.82) is 0 Å². The Morgan fingerprint density at radius 2 is 0.935 bits per heavy atom. The molecule has 6 nitrogen and oxygen atoms in total. The van der Waals surface area contributed by atoms with Crippen LogP contribution in [0.1, 0.15) is 233 Å². The molecule has 3 atom stereocenters. The van der Waals surface area contributed by atoms with Gasteiger partial charge in [0.1, 0.15) is 6.10 Å². The summed E-state index contributed by atoms with van der Waals surface area (Å²) in [5.41, 5.74) is 0. The number of hydrogen-bond donors (Lipinski definition) is 3. The van der Waals surface area contributed by atoms with Crippen LogP contribution in [0.3, 0.4) is 0 Å². The average molecular weight is 864 g/mol. The number of carbonyl (C=O) groups is 2. The third-order valence-electron chi connectivity index (χ3n) is 11.3. The van der Waals surface area contributed by atoms with Gasteiger partial charge in [0.25, 0.3) is 0 Å². The molecule has 0 aliphatic rings. The van der Waals surface area contributed by atoms with E-state index in [1.54, 1.807) is 0 Å². The Bertz CT molecular complexity index is 1200. The van der Waals surface area contributed by atoms with Gasteiger partial charge in [0.15, 0.2) is 0 Å². The van der Waals surface area contributed by atoms with Crippen LogP contribution in [0.15, 0.2) is 85.1 Å². The fraction of sp³-hybridized carbons (Fsp3) is 0.714. The van der Waals surface area contributed by atoms with Gasteiger partial charge in [-0.25, -0.2) is 0 Å². The van der Waals surface area contributed by atoms with Crippen molar-refractivity contribution in [3.8, 4) is 0 Å². The van der Waals surface area contributed by atoms with Crippen LogP contribution >= 0.6 is 0 Å². The van der Waals surface area contributed by atoms with E-state index in [4.69, 9.17) is 4.74 Å². The van der Waals surface area contributed by atoms with Crippen LogP contribution in [-0.4, -0.2) is 46.9 Å². The highest BCUT2D eigenvalue weighted by atomic mass is 16.5. The summed E-state index contributed by atoms with van der Waals surface area (Å²) < 4.78 is 5.89. The number of aliphatic hydroxyl groups excluding tert-OH is 2. The number of esters is 1. The van der Waals surface area contributed by atoms with Crippen LogP contribution in [0, 0.1) is 0 Å². The standard InChI is InChI=1S/C56H97NO5/c1-4-7-10-13-16-19-22-25-27-30-32-35-38-41-44-47-52(62-56(61)49-46-43-40-37-34-29-24-21-18-15-12-9-6-3)50-55(60)57-53(51-58)54(59)48-45-42-39-36-33-31-28-26-23-20-17-14-11-8-5-2/h9,12,15-16,18-19,21,24-25,27,29,34,37,40,52-54,58-59H,4-8,10-11,13-14,17,20,22-23,26,28,30-33,35-36,38-39,41-51H2,1-3H3,(H,57,60)/b12-9+,18-15+,19-16-,24-21-,27-25-,34-29-,40-37+. The summed E-state index contributed by atoms with van der Waals surface area (Å²) in [6, 6.07) is -0.725. The summed E-state index contributed by atoms with van der Waals surface area (Å²) in [6.07, 6.45) is 63.6. The number of ether oxygens (including phenoxy) is 1. The van der Waals surface area contributed by atoms with E-state index in [-0.39, 0.29) is 24.9 Å². The molecule has 0 aromatic heterocycles. The fourth-order valence-corrected chi connectivity index (χ4v) is 7.43. The second-order valence-corrected chi connectivity index (χ2v) is 17.3. The van der Waals surface area contributed by atoms with E-state index < -0.39 is 18.2 Å². The van der Waals surface area contributed by atoms with Crippen LogP contribution in [0.4, 0.5) is 0 Å². The molecule has 0 aromatic carbocycles. The van der Waals surface area contributed by atoms with Gasteiger partial charge in [-0.2, -0.15) is 0 Å². The molecule has 0 spiro atoms. The van der Waals surface area contributed by atoms with Gasteiger partial charge in [-0.05, 0) is 70.6 Å². The third kappa shape index (κ3) is 43.7. The predicted molar refractivity (Wildman–Crippen MR) is 268 cm³/mol. The van der Waals surface area contributed by atoms with Crippen molar-refractivity contribution >= 4 is 11.9 Å². The molecule has 0 fully saturated rings. The molecular formula is C56H97NO5. The van der Waals surface area contributed by atoms with Crippen LogP contribution < -0.4 is 5.32 Å². The van der Waals surface area contributed by atoms with Gasteiger partial charge in [0, 0.05) is 6.42 Å². The van der Waals surface area contributed by atoms with E-state index in [1.165, 1.54) is 103 Å². The lowest BCUT2D eigenvalue weighted by molar-refractivity contribution is -0.151. The fourth-order valence-electron chi connectivity index (χ4n) is 7.43. The number of hydrogen-bond acceptors (Lipinski definition) is 5. The van der Waals surface area contributed by atoms with E-state index >= 15 is 0 Å². The van der Waals surface area contributed by atoms with Gasteiger partial charge in [0.05, 0.1) is 25.2 Å². The van der Waals surface area contributed by atoms with E-state index in [9.17, 15) is 19.8 Å². The van der Waals surface area contributed by atoms with Crippen molar-refractivity contribution in [2.24, 2.45) is 0 Å². The zero-order valence-corrected chi connectivity index (χ0v) is 40.5. The third-order valence-corrected chi connectivity index (χ3v) is 11.3. The molecule has 0 saturated heterocycles. The Morgan fingerprint density at radius 1 is 0.500 bits per heavy atom. The number of rotatable bonds is 45. The number of unbranched alkanes of at least 4 members (excludes halogenated alkanes) is 23. The molecule has 3 unspecified atom stereocenters. The van der Waals surface area contributed by atoms with E-state index in [0.717, 1.165) is 77.0 Å². The summed E-state index contributed by atoms with van der Waals surface area (Å²) in [5.74, 6) is -0.579. The molecule has 0 heterocycles. The highest BCUT2D eigenvalue weighted by Gasteiger charge is 2.24. The largest absolute Gasteiger partial charge is 0.462 e. The zero-order valence-electron chi connectivity index (χ0n) is 40.5. The summed E-state index contributed by atoms with van der Waals surface area (Å²) in [6.45, 7) is 6.29. The molecule has 0 radical (unpaired) electrons. The van der Waals surface area contributed by atoms with E-state index in [2.05, 4.69) is 56.5 Å². The lowest BCUT2D eigenvalue weighted by Gasteiger charge is -2.24. The molecule has 0 aromatic rings. The quantitative estimate of drug-likeness (QED) is 0.0245. The minimum atomic E-state index is -0.808. The van der Waals surface area contributed by atoms with Gasteiger partial charge < -0.3 is 20.3 Å². The zero-order chi connectivity index (χ0) is 45.2. The van der Waals surface area contributed by atoms with Crippen LogP contribution in [0.25, 0.3) is 0 Å². The number of nitrogens with one attached hydrogen (secondary N) is 1. The van der Waals surface area contributed by atoms with Gasteiger partial charge in [0.2, 0.25) is 5.91 Å². The maximum absolute atomic E-state index is 13.2. The maximum atomic E-state index is 13.2. The lowest BCUT2D eigenvalue weighted by atomic mass is 10.0. The molecule has 0 aliphatic carbocycles. The smallest absolute Gasteiger partial charge is 0.306 e. The molecule has 0 rings (SSSR count). The second-order valence-electron chi connectivity index (χ2n) is 17.3. The summed E-state index contributed by atoms with van der Waals surface area (Å²) >= 11 is 0. The van der Waals surface area contributed by atoms with Crippen molar-refractivity contribution in [2.45, 2.75) is 251 Å². The number of aliphatic hydroxyl groups is 2. The first kappa shape index (κ1) is 59.0. The first-order chi connectivity index (χ1) is 30.5. The van der Waals surface area contributed by atoms with E-state index in [0.29, 0.717) is 25.7 Å². The molecule has 1 amide bonds. The minimum Gasteiger partial charge on any atom is -0.462 e.